The lowest BCUT2D eigenvalue weighted by Crippen LogP contribution is -2.72. The van der Waals surface area contributed by atoms with Crippen molar-refractivity contribution in [1.29, 1.82) is 0 Å². The summed E-state index contributed by atoms with van der Waals surface area (Å²) < 4.78 is 0. The normalized spacial score (nSPS) is 57.1. The molecule has 35 heavy (non-hydrogen) atoms. The predicted molar refractivity (Wildman–Crippen MR) is 135 cm³/mol. The van der Waals surface area contributed by atoms with Crippen LogP contribution in [0.15, 0.2) is 11.6 Å². The van der Waals surface area contributed by atoms with Crippen LogP contribution < -0.4 is 0 Å². The standard InChI is InChI=1S/C30H48O5/c1-16-10-13-30(25(34)35)15-14-27(5)18(21(30)17(16)2)8-9-20-28(27,6)12-11-19-26(3,4)23(32)22(31)24(33)29(19,20)7/h8,16-17,19-24,31-33H,9-15H2,1-7H3,(H,34,35)/t16-,17+,19?,20?,21?,22-,23+,24+,27-,28-,29+,30+/m1/s1. The number of carbonyl (C=O) groups is 1. The first kappa shape index (κ1) is 25.7. The number of carboxylic acid groups (broad SMARTS) is 1. The summed E-state index contributed by atoms with van der Waals surface area (Å²) in [5.74, 6) is 0.545. The molecule has 5 aliphatic rings. The molecule has 0 amide bonds. The number of allylic oxidation sites excluding steroid dienone is 2. The highest BCUT2D eigenvalue weighted by molar-refractivity contribution is 5.76. The van der Waals surface area contributed by atoms with Crippen molar-refractivity contribution in [3.05, 3.63) is 11.6 Å². The third-order valence-electron chi connectivity index (χ3n) is 13.5. The quantitative estimate of drug-likeness (QED) is 0.388. The largest absolute Gasteiger partial charge is 0.481 e. The van der Waals surface area contributed by atoms with Gasteiger partial charge in [0.15, 0.2) is 0 Å². The summed E-state index contributed by atoms with van der Waals surface area (Å²) in [6, 6.07) is 0. The molecular weight excluding hydrogens is 440 g/mol. The number of carboxylic acids is 1. The molecule has 5 nitrogen and oxygen atoms in total. The Morgan fingerprint density at radius 2 is 1.54 bits per heavy atom. The Bertz CT molecular complexity index is 941. The maximum Gasteiger partial charge on any atom is 0.310 e. The highest BCUT2D eigenvalue weighted by Crippen LogP contribution is 2.75. The fourth-order valence-electron chi connectivity index (χ4n) is 10.9. The minimum Gasteiger partial charge on any atom is -0.481 e. The van der Waals surface area contributed by atoms with Crippen LogP contribution in [-0.4, -0.2) is 44.7 Å². The highest BCUT2D eigenvalue weighted by Gasteiger charge is 2.72. The van der Waals surface area contributed by atoms with Gasteiger partial charge < -0.3 is 20.4 Å². The van der Waals surface area contributed by atoms with E-state index in [0.717, 1.165) is 44.9 Å². The van der Waals surface area contributed by atoms with Gasteiger partial charge in [-0.2, -0.15) is 0 Å². The Hall–Kier alpha value is -0.910. The maximum absolute atomic E-state index is 12.8. The number of rotatable bonds is 1. The lowest BCUT2D eigenvalue weighted by Gasteiger charge is -2.72. The molecule has 4 fully saturated rings. The number of aliphatic hydroxyl groups is 3. The monoisotopic (exact) mass is 488 g/mol. The van der Waals surface area contributed by atoms with E-state index in [9.17, 15) is 25.2 Å². The smallest absolute Gasteiger partial charge is 0.310 e. The van der Waals surface area contributed by atoms with Crippen molar-refractivity contribution >= 4 is 5.97 Å². The van der Waals surface area contributed by atoms with E-state index in [1.54, 1.807) is 0 Å². The van der Waals surface area contributed by atoms with Crippen molar-refractivity contribution in [2.75, 3.05) is 0 Å². The van der Waals surface area contributed by atoms with Gasteiger partial charge in [0.05, 0.1) is 17.6 Å². The van der Waals surface area contributed by atoms with Gasteiger partial charge in [0.2, 0.25) is 0 Å². The maximum atomic E-state index is 12.8. The molecule has 0 bridgehead atoms. The Morgan fingerprint density at radius 1 is 0.886 bits per heavy atom. The molecule has 0 radical (unpaired) electrons. The topological polar surface area (TPSA) is 98.0 Å². The Morgan fingerprint density at radius 3 is 2.17 bits per heavy atom. The summed E-state index contributed by atoms with van der Waals surface area (Å²) in [7, 11) is 0. The van der Waals surface area contributed by atoms with E-state index in [0.29, 0.717) is 11.8 Å². The molecule has 0 heterocycles. The molecule has 3 unspecified atom stereocenters. The summed E-state index contributed by atoms with van der Waals surface area (Å²) in [5.41, 5.74) is -0.536. The van der Waals surface area contributed by atoms with Crippen LogP contribution in [0.1, 0.15) is 93.4 Å². The molecule has 198 valence electrons. The van der Waals surface area contributed by atoms with E-state index < -0.39 is 40.5 Å². The third-order valence-corrected chi connectivity index (χ3v) is 13.5. The third kappa shape index (κ3) is 2.84. The van der Waals surface area contributed by atoms with Crippen LogP contribution in [-0.2, 0) is 4.79 Å². The Labute approximate surface area is 211 Å². The van der Waals surface area contributed by atoms with E-state index in [2.05, 4.69) is 54.5 Å². The number of hydrogen-bond donors (Lipinski definition) is 4. The van der Waals surface area contributed by atoms with Crippen molar-refractivity contribution in [2.24, 2.45) is 56.7 Å². The molecule has 0 aromatic heterocycles. The summed E-state index contributed by atoms with van der Waals surface area (Å²) >= 11 is 0. The van der Waals surface area contributed by atoms with E-state index in [1.165, 1.54) is 5.57 Å². The van der Waals surface area contributed by atoms with Gasteiger partial charge >= 0.3 is 5.97 Å². The average Bonchev–Trinajstić information content (AvgIpc) is 2.79. The summed E-state index contributed by atoms with van der Waals surface area (Å²) in [5, 5.41) is 44.0. The van der Waals surface area contributed by atoms with Crippen molar-refractivity contribution in [2.45, 2.75) is 112 Å². The van der Waals surface area contributed by atoms with Crippen LogP contribution in [0.4, 0.5) is 0 Å². The van der Waals surface area contributed by atoms with Gasteiger partial charge in [0.25, 0.3) is 0 Å². The zero-order chi connectivity index (χ0) is 25.9. The van der Waals surface area contributed by atoms with E-state index >= 15 is 0 Å². The van der Waals surface area contributed by atoms with Crippen LogP contribution in [0.3, 0.4) is 0 Å². The number of aliphatic carboxylic acids is 1. The summed E-state index contributed by atoms with van der Waals surface area (Å²) in [6.45, 7) is 15.6. The number of hydrogen-bond acceptors (Lipinski definition) is 4. The summed E-state index contributed by atoms with van der Waals surface area (Å²) in [4.78, 5) is 12.8. The molecule has 0 saturated heterocycles. The van der Waals surface area contributed by atoms with Crippen molar-refractivity contribution in [1.82, 2.24) is 0 Å². The fraction of sp³-hybridized carbons (Fsp3) is 0.900. The molecule has 0 aromatic carbocycles. The highest BCUT2D eigenvalue weighted by atomic mass is 16.4. The molecule has 4 saturated carbocycles. The van der Waals surface area contributed by atoms with E-state index in [4.69, 9.17) is 0 Å². The molecule has 5 rings (SSSR count). The molecular formula is C30H48O5. The van der Waals surface area contributed by atoms with E-state index in [-0.39, 0.29) is 28.6 Å². The fourth-order valence-corrected chi connectivity index (χ4v) is 10.9. The molecule has 4 N–H and O–H groups in total. The lowest BCUT2D eigenvalue weighted by molar-refractivity contribution is -0.278. The van der Waals surface area contributed by atoms with Crippen LogP contribution in [0, 0.1) is 56.7 Å². The number of fused-ring (bicyclic) bond motifs is 7. The second kappa shape index (κ2) is 7.57. The van der Waals surface area contributed by atoms with Gasteiger partial charge in [-0.05, 0) is 90.8 Å². The second-order valence-corrected chi connectivity index (χ2v) is 14.7. The van der Waals surface area contributed by atoms with Gasteiger partial charge in [-0.15, -0.1) is 0 Å². The average molecular weight is 489 g/mol. The van der Waals surface area contributed by atoms with Crippen molar-refractivity contribution in [3.8, 4) is 0 Å². The van der Waals surface area contributed by atoms with Crippen LogP contribution in [0.25, 0.3) is 0 Å². The zero-order valence-electron chi connectivity index (χ0n) is 22.8. The molecule has 5 heteroatoms. The molecule has 5 aliphatic carbocycles. The van der Waals surface area contributed by atoms with Gasteiger partial charge in [0, 0.05) is 5.41 Å². The van der Waals surface area contributed by atoms with Crippen LogP contribution >= 0.6 is 0 Å². The summed E-state index contributed by atoms with van der Waals surface area (Å²) in [6.07, 6.45) is 5.34. The second-order valence-electron chi connectivity index (χ2n) is 14.7. The predicted octanol–water partition coefficient (Wildman–Crippen LogP) is 5.03. The van der Waals surface area contributed by atoms with Gasteiger partial charge in [-0.1, -0.05) is 60.1 Å². The Kier molecular flexibility index (Phi) is 5.56. The van der Waals surface area contributed by atoms with Crippen molar-refractivity contribution < 1.29 is 25.2 Å². The first-order chi connectivity index (χ1) is 16.1. The molecule has 0 aliphatic heterocycles. The number of aliphatic hydroxyl groups excluding tert-OH is 3. The van der Waals surface area contributed by atoms with Crippen LogP contribution in [0.2, 0.25) is 0 Å². The van der Waals surface area contributed by atoms with E-state index in [1.807, 2.05) is 0 Å². The Balaban J connectivity index is 1.65. The first-order valence-electron chi connectivity index (χ1n) is 14.1. The molecule has 12 atom stereocenters. The van der Waals surface area contributed by atoms with Crippen molar-refractivity contribution in [3.63, 3.8) is 0 Å². The van der Waals surface area contributed by atoms with Crippen LogP contribution in [0.5, 0.6) is 0 Å². The van der Waals surface area contributed by atoms with Gasteiger partial charge in [-0.25, -0.2) is 0 Å². The zero-order valence-corrected chi connectivity index (χ0v) is 22.8. The molecule has 0 aromatic rings. The van der Waals surface area contributed by atoms with Gasteiger partial charge in [-0.3, -0.25) is 4.79 Å². The SMILES string of the molecule is C[C@@H]1CC[C@]2(C(=O)O)CC[C@]3(C)C(=CCC4[C@]5(C)C(CC[C@]43C)C(C)(C)[C@@H](O)[C@@H](O)[C@@H]5O)C2[C@H]1C. The minimum atomic E-state index is -1.16. The lowest BCUT2D eigenvalue weighted by atomic mass is 9.33. The molecule has 0 spiro atoms. The minimum absolute atomic E-state index is 0.0611. The first-order valence-corrected chi connectivity index (χ1v) is 14.1. The van der Waals surface area contributed by atoms with Gasteiger partial charge in [0.1, 0.15) is 6.10 Å².